The van der Waals surface area contributed by atoms with E-state index in [1.54, 1.807) is 6.07 Å². The third-order valence-corrected chi connectivity index (χ3v) is 2.53. The average Bonchev–Trinajstić information content (AvgIpc) is 2.30. The first-order chi connectivity index (χ1) is 8.08. The number of carboxylic acid groups (broad SMARTS) is 1. The number of carbonyl (C=O) groups is 1. The largest absolute Gasteiger partial charge is 0.478 e. The molecule has 0 aliphatic heterocycles. The van der Waals surface area contributed by atoms with Crippen LogP contribution in [0.3, 0.4) is 0 Å². The Bertz CT molecular complexity index is 616. The van der Waals surface area contributed by atoms with Gasteiger partial charge in [0.05, 0.1) is 10.6 Å². The molecule has 0 radical (unpaired) electrons. The topological polar surface area (TPSA) is 83.0 Å². The van der Waals surface area contributed by atoms with E-state index in [-0.39, 0.29) is 10.6 Å². The van der Waals surface area contributed by atoms with Crippen molar-refractivity contribution in [1.82, 2.24) is 9.97 Å². The van der Waals surface area contributed by atoms with Crippen LogP contribution in [0.2, 0.25) is 5.02 Å². The summed E-state index contributed by atoms with van der Waals surface area (Å²) in [6.45, 7) is 0. The van der Waals surface area contributed by atoms with E-state index in [1.807, 2.05) is 0 Å². The predicted octanol–water partition coefficient (Wildman–Crippen LogP) is 1.79. The molecule has 0 unspecified atom stereocenters. The number of aromatic amines is 1. The Kier molecular flexibility index (Phi) is 2.93. The second-order valence-corrected chi connectivity index (χ2v) is 3.71. The van der Waals surface area contributed by atoms with Gasteiger partial charge in [0.25, 0.3) is 0 Å². The lowest BCUT2D eigenvalue weighted by atomic mass is 10.1. The summed E-state index contributed by atoms with van der Waals surface area (Å²) in [5, 5.41) is 9.09. The summed E-state index contributed by atoms with van der Waals surface area (Å²) in [7, 11) is 0. The number of hydrogen-bond donors (Lipinski definition) is 2. The fourth-order valence-electron chi connectivity index (χ4n) is 1.37. The summed E-state index contributed by atoms with van der Waals surface area (Å²) < 4.78 is 0. The number of hydrogen-bond acceptors (Lipinski definition) is 3. The molecule has 2 aromatic rings. The maximum atomic E-state index is 10.9. The highest BCUT2D eigenvalue weighted by molar-refractivity contribution is 6.33. The summed E-state index contributed by atoms with van der Waals surface area (Å²) in [6.07, 6.45) is 2.83. The van der Waals surface area contributed by atoms with E-state index in [0.717, 1.165) is 0 Å². The second kappa shape index (κ2) is 4.39. The van der Waals surface area contributed by atoms with Crippen LogP contribution in [0.1, 0.15) is 10.4 Å². The van der Waals surface area contributed by atoms with Gasteiger partial charge < -0.3 is 10.1 Å². The Morgan fingerprint density at radius 2 is 2.12 bits per heavy atom. The molecule has 1 heterocycles. The van der Waals surface area contributed by atoms with Crippen molar-refractivity contribution in [2.75, 3.05) is 0 Å². The third-order valence-electron chi connectivity index (χ3n) is 2.20. The van der Waals surface area contributed by atoms with Crippen LogP contribution in [0.15, 0.2) is 35.4 Å². The highest BCUT2D eigenvalue weighted by Crippen LogP contribution is 2.23. The third kappa shape index (κ3) is 2.34. The molecule has 0 bridgehead atoms. The van der Waals surface area contributed by atoms with Gasteiger partial charge in [-0.15, -0.1) is 0 Å². The monoisotopic (exact) mass is 250 g/mol. The minimum Gasteiger partial charge on any atom is -0.478 e. The molecule has 1 aromatic heterocycles. The van der Waals surface area contributed by atoms with Gasteiger partial charge in [-0.3, -0.25) is 0 Å². The second-order valence-electron chi connectivity index (χ2n) is 3.31. The molecule has 2 N–H and O–H groups in total. The molecule has 0 saturated carbocycles. The molecule has 0 atom stereocenters. The molecule has 0 aliphatic carbocycles. The minimum atomic E-state index is -1.10. The van der Waals surface area contributed by atoms with E-state index in [0.29, 0.717) is 11.1 Å². The van der Waals surface area contributed by atoms with Crippen molar-refractivity contribution in [2.24, 2.45) is 0 Å². The zero-order chi connectivity index (χ0) is 12.4. The van der Waals surface area contributed by atoms with Crippen LogP contribution in [0.5, 0.6) is 0 Å². The fourth-order valence-corrected chi connectivity index (χ4v) is 1.57. The Balaban J connectivity index is 2.53. The number of benzene rings is 1. The number of aromatic carboxylic acids is 1. The van der Waals surface area contributed by atoms with Gasteiger partial charge in [-0.1, -0.05) is 17.7 Å². The number of carboxylic acids is 1. The van der Waals surface area contributed by atoms with Gasteiger partial charge in [-0.25, -0.2) is 14.6 Å². The molecule has 2 rings (SSSR count). The van der Waals surface area contributed by atoms with Crippen molar-refractivity contribution in [1.29, 1.82) is 0 Å². The van der Waals surface area contributed by atoms with Crippen molar-refractivity contribution in [2.45, 2.75) is 0 Å². The van der Waals surface area contributed by atoms with Crippen LogP contribution >= 0.6 is 11.6 Å². The van der Waals surface area contributed by atoms with Gasteiger partial charge in [0.1, 0.15) is 0 Å². The molecule has 6 heteroatoms. The standard InChI is InChI=1S/C11H7ClN2O3/c12-9-2-1-6(3-8(9)10(15)16)7-4-13-11(17)14-5-7/h1-5H,(H,15,16)(H,13,14,17). The zero-order valence-corrected chi connectivity index (χ0v) is 9.23. The minimum absolute atomic E-state index is 0.00960. The molecule has 0 amide bonds. The van der Waals surface area contributed by atoms with E-state index in [9.17, 15) is 9.59 Å². The van der Waals surface area contributed by atoms with Crippen molar-refractivity contribution in [3.63, 3.8) is 0 Å². The molecule has 0 spiro atoms. The fraction of sp³-hybridized carbons (Fsp3) is 0. The summed E-state index contributed by atoms with van der Waals surface area (Å²) >= 11 is 5.75. The summed E-state index contributed by atoms with van der Waals surface area (Å²) in [5.74, 6) is -1.10. The van der Waals surface area contributed by atoms with E-state index < -0.39 is 11.7 Å². The average molecular weight is 251 g/mol. The van der Waals surface area contributed by atoms with Crippen LogP contribution in [-0.4, -0.2) is 21.0 Å². The molecular formula is C11H7ClN2O3. The van der Waals surface area contributed by atoms with Crippen LogP contribution in [0, 0.1) is 0 Å². The highest BCUT2D eigenvalue weighted by Gasteiger charge is 2.10. The summed E-state index contributed by atoms with van der Waals surface area (Å²) in [6, 6.07) is 4.58. The van der Waals surface area contributed by atoms with Crippen molar-refractivity contribution in [3.05, 3.63) is 51.7 Å². The summed E-state index contributed by atoms with van der Waals surface area (Å²) in [4.78, 5) is 27.7. The van der Waals surface area contributed by atoms with Gasteiger partial charge in [-0.2, -0.15) is 0 Å². The van der Waals surface area contributed by atoms with Gasteiger partial charge in [0, 0.05) is 18.0 Å². The SMILES string of the molecule is O=C(O)c1cc(-c2cnc(=O)[nH]c2)ccc1Cl. The molecule has 0 fully saturated rings. The van der Waals surface area contributed by atoms with E-state index >= 15 is 0 Å². The van der Waals surface area contributed by atoms with Gasteiger partial charge in [-0.05, 0) is 17.7 Å². The van der Waals surface area contributed by atoms with Crippen molar-refractivity contribution in [3.8, 4) is 11.1 Å². The van der Waals surface area contributed by atoms with Gasteiger partial charge in [0.15, 0.2) is 0 Å². The molecule has 1 aromatic carbocycles. The number of nitrogens with one attached hydrogen (secondary N) is 1. The van der Waals surface area contributed by atoms with Gasteiger partial charge >= 0.3 is 11.7 Å². The van der Waals surface area contributed by atoms with Crippen LogP contribution in [0.25, 0.3) is 11.1 Å². The first kappa shape index (κ1) is 11.3. The lowest BCUT2D eigenvalue weighted by Gasteiger charge is -2.03. The summed E-state index contributed by atoms with van der Waals surface area (Å²) in [5.41, 5.74) is 0.788. The smallest absolute Gasteiger partial charge is 0.344 e. The first-order valence-corrected chi connectivity index (χ1v) is 5.03. The van der Waals surface area contributed by atoms with Crippen LogP contribution < -0.4 is 5.69 Å². The molecule has 0 saturated heterocycles. The molecule has 5 nitrogen and oxygen atoms in total. The Labute approximate surface area is 101 Å². The van der Waals surface area contributed by atoms with Crippen LogP contribution in [0.4, 0.5) is 0 Å². The quantitative estimate of drug-likeness (QED) is 0.851. The Morgan fingerprint density at radius 3 is 2.71 bits per heavy atom. The Morgan fingerprint density at radius 1 is 1.35 bits per heavy atom. The Hall–Kier alpha value is -2.14. The number of H-pyrrole nitrogens is 1. The first-order valence-electron chi connectivity index (χ1n) is 4.66. The maximum absolute atomic E-state index is 10.9. The lowest BCUT2D eigenvalue weighted by Crippen LogP contribution is -2.08. The number of rotatable bonds is 2. The van der Waals surface area contributed by atoms with E-state index in [1.165, 1.54) is 24.5 Å². The molecule has 86 valence electrons. The van der Waals surface area contributed by atoms with Gasteiger partial charge in [0.2, 0.25) is 0 Å². The van der Waals surface area contributed by atoms with E-state index in [4.69, 9.17) is 16.7 Å². The van der Waals surface area contributed by atoms with Crippen molar-refractivity contribution < 1.29 is 9.90 Å². The van der Waals surface area contributed by atoms with E-state index in [2.05, 4.69) is 9.97 Å². The predicted molar refractivity (Wildman–Crippen MR) is 62.3 cm³/mol. The maximum Gasteiger partial charge on any atom is 0.344 e. The number of aromatic nitrogens is 2. The molecule has 17 heavy (non-hydrogen) atoms. The van der Waals surface area contributed by atoms with Crippen LogP contribution in [-0.2, 0) is 0 Å². The number of nitrogens with zero attached hydrogens (tertiary/aromatic N) is 1. The normalized spacial score (nSPS) is 10.2. The van der Waals surface area contributed by atoms with Crippen molar-refractivity contribution >= 4 is 17.6 Å². The number of halogens is 1. The lowest BCUT2D eigenvalue weighted by molar-refractivity contribution is 0.0697. The highest BCUT2D eigenvalue weighted by atomic mass is 35.5. The molecular weight excluding hydrogens is 244 g/mol. The molecule has 0 aliphatic rings. The zero-order valence-electron chi connectivity index (χ0n) is 8.48.